The second kappa shape index (κ2) is 13.1. The van der Waals surface area contributed by atoms with Gasteiger partial charge in [0.05, 0.1) is 42.0 Å². The van der Waals surface area contributed by atoms with E-state index in [4.69, 9.17) is 5.11 Å². The molecule has 2 aromatic heterocycles. The predicted molar refractivity (Wildman–Crippen MR) is 151 cm³/mol. The first-order valence-electron chi connectivity index (χ1n) is 14.0. The Labute approximate surface area is 233 Å². The average Bonchev–Trinajstić information content (AvgIpc) is 3.80. The number of azo groups is 1. The van der Waals surface area contributed by atoms with Crippen LogP contribution in [0.4, 0.5) is 11.6 Å². The van der Waals surface area contributed by atoms with Crippen LogP contribution in [0.1, 0.15) is 74.2 Å². The minimum absolute atomic E-state index is 0.0874. The van der Waals surface area contributed by atoms with Gasteiger partial charge in [-0.05, 0) is 67.9 Å². The fourth-order valence-electron chi connectivity index (χ4n) is 5.83. The van der Waals surface area contributed by atoms with Gasteiger partial charge in [0.2, 0.25) is 5.95 Å². The number of rotatable bonds is 8. The summed E-state index contributed by atoms with van der Waals surface area (Å²) in [4.78, 5) is 19.9. The third-order valence-corrected chi connectivity index (χ3v) is 7.94. The van der Waals surface area contributed by atoms with Crippen molar-refractivity contribution in [1.82, 2.24) is 19.7 Å². The van der Waals surface area contributed by atoms with Gasteiger partial charge in [-0.15, -0.1) is 0 Å². The van der Waals surface area contributed by atoms with Crippen LogP contribution in [-0.2, 0) is 0 Å². The number of hydrogen-bond donors (Lipinski definition) is 2. The first kappa shape index (κ1) is 27.2. The highest BCUT2D eigenvalue weighted by Gasteiger charge is 2.27. The molecule has 1 aliphatic heterocycles. The Morgan fingerprint density at radius 2 is 1.95 bits per heavy atom. The van der Waals surface area contributed by atoms with Crippen molar-refractivity contribution in [1.29, 1.82) is 5.26 Å². The van der Waals surface area contributed by atoms with Gasteiger partial charge in [-0.1, -0.05) is 31.7 Å². The van der Waals surface area contributed by atoms with Gasteiger partial charge >= 0.3 is 5.97 Å². The number of carbonyl (C=O) groups is 1. The van der Waals surface area contributed by atoms with Crippen LogP contribution in [0.2, 0.25) is 0 Å². The first-order chi connectivity index (χ1) is 19.6. The van der Waals surface area contributed by atoms with Crippen molar-refractivity contribution in [3.63, 3.8) is 0 Å². The number of aromatic carboxylic acids is 1. The van der Waals surface area contributed by atoms with Crippen LogP contribution in [0.25, 0.3) is 11.3 Å². The van der Waals surface area contributed by atoms with E-state index in [0.717, 1.165) is 24.3 Å². The Balaban J connectivity index is 0.000000269. The summed E-state index contributed by atoms with van der Waals surface area (Å²) in [7, 11) is 0. The van der Waals surface area contributed by atoms with Crippen molar-refractivity contribution < 1.29 is 9.90 Å². The summed E-state index contributed by atoms with van der Waals surface area (Å²) in [5, 5.41) is 34.0. The number of carboxylic acids is 1. The lowest BCUT2D eigenvalue weighted by Crippen LogP contribution is -2.17. The van der Waals surface area contributed by atoms with E-state index in [2.05, 4.69) is 42.8 Å². The minimum Gasteiger partial charge on any atom is -0.478 e. The van der Waals surface area contributed by atoms with Gasteiger partial charge in [-0.2, -0.15) is 20.6 Å². The Hall–Kier alpha value is -4.39. The Morgan fingerprint density at radius 3 is 2.67 bits per heavy atom. The summed E-state index contributed by atoms with van der Waals surface area (Å²) < 4.78 is 1.90. The number of benzene rings is 1. The number of nitrogens with one attached hydrogen (secondary N) is 1. The zero-order chi connectivity index (χ0) is 27.7. The Bertz CT molecular complexity index is 1380. The molecule has 0 spiro atoms. The van der Waals surface area contributed by atoms with E-state index in [0.29, 0.717) is 35.7 Å². The summed E-state index contributed by atoms with van der Waals surface area (Å²) in [5.41, 5.74) is 2.34. The molecule has 2 saturated carbocycles. The smallest absolute Gasteiger partial charge is 0.335 e. The summed E-state index contributed by atoms with van der Waals surface area (Å²) in [5.74, 6) is 0.672. The fourth-order valence-corrected chi connectivity index (χ4v) is 5.83. The van der Waals surface area contributed by atoms with Gasteiger partial charge < -0.3 is 10.4 Å². The standard InChI is InChI=1S/C22H22N6O2.C8H12N2/c23-10-8-20(15-4-1-2-5-15)28-14-17(13-25-28)19-9-11-24-22(27-19)26-18-7-3-6-16(12-18)21(29)30;1-2-4-7(3-1)8-5-6-9-10-8/h3,6-7,9,11-15,20H,1-2,4-5,8H2,(H,29,30)(H,24,26,27);5-8H,1-4H2. The molecule has 2 fully saturated rings. The van der Waals surface area contributed by atoms with E-state index in [1.165, 1.54) is 50.7 Å². The SMILES string of the molecule is C1=CC(C2CCCC2)N=N1.N#CCC(C1CCCC1)n1cc(-c2ccnc(Nc3cccc(C(=O)O)c3)n2)cn1. The van der Waals surface area contributed by atoms with Crippen LogP contribution >= 0.6 is 0 Å². The van der Waals surface area contributed by atoms with Gasteiger partial charge in [0.25, 0.3) is 0 Å². The van der Waals surface area contributed by atoms with E-state index in [9.17, 15) is 10.1 Å². The Morgan fingerprint density at radius 1 is 1.15 bits per heavy atom. The molecule has 3 heterocycles. The van der Waals surface area contributed by atoms with Crippen LogP contribution < -0.4 is 5.32 Å². The molecule has 3 aliphatic rings. The molecule has 0 amide bonds. The van der Waals surface area contributed by atoms with Gasteiger partial charge in [-0.25, -0.2) is 14.8 Å². The molecule has 6 rings (SSSR count). The lowest BCUT2D eigenvalue weighted by molar-refractivity contribution is 0.0697. The molecule has 206 valence electrons. The third-order valence-electron chi connectivity index (χ3n) is 7.94. The van der Waals surface area contributed by atoms with Gasteiger partial charge in [0.15, 0.2) is 0 Å². The van der Waals surface area contributed by atoms with Crippen molar-refractivity contribution in [2.45, 2.75) is 69.9 Å². The Kier molecular flexibility index (Phi) is 8.91. The maximum atomic E-state index is 11.2. The van der Waals surface area contributed by atoms with Crippen LogP contribution in [0.15, 0.2) is 71.4 Å². The lowest BCUT2D eigenvalue weighted by atomic mass is 9.96. The summed E-state index contributed by atoms with van der Waals surface area (Å²) in [6.07, 6.45) is 19.9. The van der Waals surface area contributed by atoms with Crippen molar-refractivity contribution in [2.75, 3.05) is 5.32 Å². The molecular formula is C30H34N8O2. The van der Waals surface area contributed by atoms with Crippen LogP contribution in [0, 0.1) is 23.2 Å². The molecule has 2 unspecified atom stereocenters. The molecule has 0 radical (unpaired) electrons. The molecule has 10 heteroatoms. The topological polar surface area (TPSA) is 141 Å². The number of hydrogen-bond acceptors (Lipinski definition) is 8. The van der Waals surface area contributed by atoms with Crippen LogP contribution in [-0.4, -0.2) is 36.9 Å². The van der Waals surface area contributed by atoms with Gasteiger partial charge in [-0.3, -0.25) is 4.68 Å². The minimum atomic E-state index is -0.991. The molecule has 2 N–H and O–H groups in total. The second-order valence-corrected chi connectivity index (χ2v) is 10.6. The van der Waals surface area contributed by atoms with E-state index in [1.54, 1.807) is 30.6 Å². The van der Waals surface area contributed by atoms with E-state index < -0.39 is 5.97 Å². The molecule has 2 aliphatic carbocycles. The highest BCUT2D eigenvalue weighted by molar-refractivity contribution is 5.89. The average molecular weight is 539 g/mol. The maximum Gasteiger partial charge on any atom is 0.335 e. The van der Waals surface area contributed by atoms with Crippen molar-refractivity contribution in [3.05, 3.63) is 66.8 Å². The van der Waals surface area contributed by atoms with Crippen LogP contribution in [0.3, 0.4) is 0 Å². The van der Waals surface area contributed by atoms with Crippen molar-refractivity contribution in [2.24, 2.45) is 22.1 Å². The predicted octanol–water partition coefficient (Wildman–Crippen LogP) is 6.95. The lowest BCUT2D eigenvalue weighted by Gasteiger charge is -2.21. The van der Waals surface area contributed by atoms with Crippen LogP contribution in [0.5, 0.6) is 0 Å². The third kappa shape index (κ3) is 6.78. The van der Waals surface area contributed by atoms with Crippen molar-refractivity contribution >= 4 is 17.6 Å². The summed E-state index contributed by atoms with van der Waals surface area (Å²) >= 11 is 0. The maximum absolute atomic E-state index is 11.2. The number of carboxylic acid groups (broad SMARTS) is 1. The van der Waals surface area contributed by atoms with E-state index in [1.807, 2.05) is 17.1 Å². The largest absolute Gasteiger partial charge is 0.478 e. The zero-order valence-electron chi connectivity index (χ0n) is 22.4. The number of nitriles is 1. The monoisotopic (exact) mass is 538 g/mol. The molecule has 0 bridgehead atoms. The zero-order valence-corrected chi connectivity index (χ0v) is 22.4. The van der Waals surface area contributed by atoms with Crippen molar-refractivity contribution in [3.8, 4) is 17.3 Å². The molecule has 3 aromatic rings. The molecule has 10 nitrogen and oxygen atoms in total. The van der Waals surface area contributed by atoms with E-state index in [-0.39, 0.29) is 11.6 Å². The summed E-state index contributed by atoms with van der Waals surface area (Å²) in [6.45, 7) is 0. The second-order valence-electron chi connectivity index (χ2n) is 10.6. The number of aromatic nitrogens is 4. The summed E-state index contributed by atoms with van der Waals surface area (Å²) in [6, 6.07) is 11.1. The quantitative estimate of drug-likeness (QED) is 0.316. The molecule has 0 saturated heterocycles. The van der Waals surface area contributed by atoms with Gasteiger partial charge in [0.1, 0.15) is 0 Å². The van der Waals surface area contributed by atoms with E-state index >= 15 is 0 Å². The molecular weight excluding hydrogens is 504 g/mol. The fraction of sp³-hybridized carbons (Fsp3) is 0.433. The first-order valence-corrected chi connectivity index (χ1v) is 14.0. The molecule has 40 heavy (non-hydrogen) atoms. The highest BCUT2D eigenvalue weighted by Crippen LogP contribution is 2.36. The number of anilines is 2. The van der Waals surface area contributed by atoms with Gasteiger partial charge in [0, 0.05) is 29.8 Å². The normalized spacial score (nSPS) is 19.2. The number of nitrogens with zero attached hydrogens (tertiary/aromatic N) is 7. The molecule has 1 aromatic carbocycles. The highest BCUT2D eigenvalue weighted by atomic mass is 16.4. The molecule has 2 atom stereocenters.